The van der Waals surface area contributed by atoms with Gasteiger partial charge in [-0.25, -0.2) is 0 Å². The zero-order valence-corrected chi connectivity index (χ0v) is 9.41. The summed E-state index contributed by atoms with van der Waals surface area (Å²) < 4.78 is 10.2. The van der Waals surface area contributed by atoms with Crippen molar-refractivity contribution in [3.05, 3.63) is 51.9 Å². The van der Waals surface area contributed by atoms with E-state index in [1.165, 1.54) is 18.3 Å². The number of benzene rings is 1. The van der Waals surface area contributed by atoms with Gasteiger partial charge >= 0.3 is 5.69 Å². The summed E-state index contributed by atoms with van der Waals surface area (Å²) >= 11 is 0. The fourth-order valence-corrected chi connectivity index (χ4v) is 1.42. The number of hydrogen-bond acceptors (Lipinski definition) is 6. The Labute approximate surface area is 102 Å². The Hall–Kier alpha value is -2.41. The molecule has 0 atom stereocenters. The van der Waals surface area contributed by atoms with Crippen LogP contribution in [0.25, 0.3) is 0 Å². The summed E-state index contributed by atoms with van der Waals surface area (Å²) in [5.41, 5.74) is 5.99. The largest absolute Gasteiger partial charge is 0.479 e. The number of nitro benzene ring substituents is 1. The van der Waals surface area contributed by atoms with Gasteiger partial charge in [-0.15, -0.1) is 0 Å². The van der Waals surface area contributed by atoms with E-state index in [0.29, 0.717) is 11.3 Å². The molecule has 1 heterocycles. The van der Waals surface area contributed by atoms with Crippen LogP contribution in [0.1, 0.15) is 11.3 Å². The van der Waals surface area contributed by atoms with E-state index in [1.54, 1.807) is 12.1 Å². The molecule has 2 rings (SSSR count). The van der Waals surface area contributed by atoms with Crippen LogP contribution in [-0.2, 0) is 13.2 Å². The molecule has 1 aromatic heterocycles. The number of hydrogen-bond donors (Lipinski definition) is 1. The highest BCUT2D eigenvalue weighted by atomic mass is 16.6. The van der Waals surface area contributed by atoms with Gasteiger partial charge in [-0.1, -0.05) is 11.2 Å². The van der Waals surface area contributed by atoms with Gasteiger partial charge in [0.05, 0.1) is 11.1 Å². The molecule has 0 unspecified atom stereocenters. The Balaban J connectivity index is 2.18. The molecule has 7 heteroatoms. The summed E-state index contributed by atoms with van der Waals surface area (Å²) in [6, 6.07) is 6.23. The molecule has 0 aliphatic rings. The van der Waals surface area contributed by atoms with Crippen LogP contribution in [0.5, 0.6) is 5.75 Å². The van der Waals surface area contributed by atoms with Crippen LogP contribution in [0.4, 0.5) is 5.69 Å². The van der Waals surface area contributed by atoms with Gasteiger partial charge in [-0.2, -0.15) is 0 Å². The van der Waals surface area contributed by atoms with Gasteiger partial charge in [0.25, 0.3) is 0 Å². The second kappa shape index (κ2) is 5.28. The quantitative estimate of drug-likeness (QED) is 0.637. The third-order valence-corrected chi connectivity index (χ3v) is 2.32. The normalized spacial score (nSPS) is 10.3. The van der Waals surface area contributed by atoms with E-state index in [9.17, 15) is 10.1 Å². The van der Waals surface area contributed by atoms with E-state index in [0.717, 1.165) is 0 Å². The number of ether oxygens (including phenoxy) is 1. The molecule has 0 saturated carbocycles. The average Bonchev–Trinajstić information content (AvgIpc) is 2.89. The maximum Gasteiger partial charge on any atom is 0.311 e. The van der Waals surface area contributed by atoms with Crippen molar-refractivity contribution in [3.63, 3.8) is 0 Å². The molecule has 94 valence electrons. The highest BCUT2D eigenvalue weighted by Crippen LogP contribution is 2.28. The second-order valence-electron chi connectivity index (χ2n) is 3.53. The molecule has 18 heavy (non-hydrogen) atoms. The summed E-state index contributed by atoms with van der Waals surface area (Å²) in [6.07, 6.45) is 1.48. The number of nitrogens with zero attached hydrogens (tertiary/aromatic N) is 2. The van der Waals surface area contributed by atoms with E-state index in [2.05, 4.69) is 5.16 Å². The molecule has 0 amide bonds. The van der Waals surface area contributed by atoms with E-state index >= 15 is 0 Å². The fraction of sp³-hybridized carbons (Fsp3) is 0.182. The third-order valence-electron chi connectivity index (χ3n) is 2.32. The van der Waals surface area contributed by atoms with Crippen molar-refractivity contribution in [2.24, 2.45) is 5.73 Å². The predicted molar refractivity (Wildman–Crippen MR) is 61.8 cm³/mol. The van der Waals surface area contributed by atoms with Crippen LogP contribution >= 0.6 is 0 Å². The first-order valence-corrected chi connectivity index (χ1v) is 5.20. The highest BCUT2D eigenvalue weighted by Gasteiger charge is 2.16. The van der Waals surface area contributed by atoms with Gasteiger partial charge in [0.1, 0.15) is 6.61 Å². The maximum absolute atomic E-state index is 10.9. The molecule has 2 N–H and O–H groups in total. The lowest BCUT2D eigenvalue weighted by Gasteiger charge is -2.05. The molecular formula is C11H11N3O4. The van der Waals surface area contributed by atoms with E-state index in [4.69, 9.17) is 15.0 Å². The maximum atomic E-state index is 10.9. The Morgan fingerprint density at radius 1 is 1.44 bits per heavy atom. The Morgan fingerprint density at radius 2 is 2.28 bits per heavy atom. The summed E-state index contributed by atoms with van der Waals surface area (Å²) in [6.45, 7) is 0.325. The number of nitro groups is 1. The van der Waals surface area contributed by atoms with Gasteiger partial charge in [-0.3, -0.25) is 10.1 Å². The minimum absolute atomic E-state index is 0.0861. The van der Waals surface area contributed by atoms with Gasteiger partial charge in [-0.05, 0) is 11.6 Å². The minimum Gasteiger partial charge on any atom is -0.479 e. The van der Waals surface area contributed by atoms with Gasteiger partial charge in [0.15, 0.2) is 11.5 Å². The van der Waals surface area contributed by atoms with Crippen molar-refractivity contribution in [1.29, 1.82) is 0 Å². The summed E-state index contributed by atoms with van der Waals surface area (Å²) in [4.78, 5) is 10.4. The van der Waals surface area contributed by atoms with Crippen molar-refractivity contribution < 1.29 is 14.2 Å². The zero-order valence-electron chi connectivity index (χ0n) is 9.41. The molecule has 2 aromatic rings. The lowest BCUT2D eigenvalue weighted by atomic mass is 10.2. The molecule has 0 spiro atoms. The smallest absolute Gasteiger partial charge is 0.311 e. The molecule has 0 bridgehead atoms. The Kier molecular flexibility index (Phi) is 3.54. The van der Waals surface area contributed by atoms with Crippen LogP contribution in [0, 0.1) is 10.1 Å². The Morgan fingerprint density at radius 3 is 2.89 bits per heavy atom. The monoisotopic (exact) mass is 249 g/mol. The summed E-state index contributed by atoms with van der Waals surface area (Å²) in [5.74, 6) is 0.667. The first-order chi connectivity index (χ1) is 8.70. The van der Waals surface area contributed by atoms with E-state index in [1.807, 2.05) is 0 Å². The molecule has 0 aliphatic heterocycles. The SMILES string of the molecule is NCc1ccc(OCc2ccno2)c([N+](=O)[O-])c1. The van der Waals surface area contributed by atoms with E-state index in [-0.39, 0.29) is 24.6 Å². The summed E-state index contributed by atoms with van der Waals surface area (Å²) in [5, 5.41) is 14.4. The second-order valence-corrected chi connectivity index (χ2v) is 3.53. The lowest BCUT2D eigenvalue weighted by Crippen LogP contribution is -2.01. The topological polar surface area (TPSA) is 104 Å². The molecule has 0 radical (unpaired) electrons. The van der Waals surface area contributed by atoms with Gasteiger partial charge in [0.2, 0.25) is 0 Å². The lowest BCUT2D eigenvalue weighted by molar-refractivity contribution is -0.386. The zero-order chi connectivity index (χ0) is 13.0. The number of nitrogens with two attached hydrogens (primary N) is 1. The van der Waals surface area contributed by atoms with Crippen LogP contribution in [-0.4, -0.2) is 10.1 Å². The molecular weight excluding hydrogens is 238 g/mol. The highest BCUT2D eigenvalue weighted by molar-refractivity contribution is 5.48. The fourth-order valence-electron chi connectivity index (χ4n) is 1.42. The number of aromatic nitrogens is 1. The first-order valence-electron chi connectivity index (χ1n) is 5.20. The van der Waals surface area contributed by atoms with Crippen LogP contribution in [0.15, 0.2) is 35.0 Å². The molecule has 0 saturated heterocycles. The van der Waals surface area contributed by atoms with Crippen LogP contribution in [0.2, 0.25) is 0 Å². The Bertz CT molecular complexity index is 539. The first kappa shape index (κ1) is 12.1. The van der Waals surface area contributed by atoms with Gasteiger partial charge in [0, 0.05) is 18.7 Å². The van der Waals surface area contributed by atoms with Crippen LogP contribution < -0.4 is 10.5 Å². The third kappa shape index (κ3) is 2.64. The van der Waals surface area contributed by atoms with Crippen molar-refractivity contribution in [3.8, 4) is 5.75 Å². The van der Waals surface area contributed by atoms with E-state index < -0.39 is 4.92 Å². The molecule has 0 aliphatic carbocycles. The molecule has 1 aromatic carbocycles. The van der Waals surface area contributed by atoms with Crippen LogP contribution in [0.3, 0.4) is 0 Å². The molecule has 0 fully saturated rings. The minimum atomic E-state index is -0.505. The van der Waals surface area contributed by atoms with Gasteiger partial charge < -0.3 is 15.0 Å². The predicted octanol–water partition coefficient (Wildman–Crippen LogP) is 1.62. The van der Waals surface area contributed by atoms with Crippen molar-refractivity contribution >= 4 is 5.69 Å². The van der Waals surface area contributed by atoms with Crippen molar-refractivity contribution in [1.82, 2.24) is 5.16 Å². The average molecular weight is 249 g/mol. The standard InChI is InChI=1S/C11H11N3O4/c12-6-8-1-2-11(10(5-8)14(15)16)17-7-9-3-4-13-18-9/h1-5H,6-7,12H2. The van der Waals surface area contributed by atoms with Crippen molar-refractivity contribution in [2.75, 3.05) is 0 Å². The summed E-state index contributed by atoms with van der Waals surface area (Å²) in [7, 11) is 0. The molecule has 7 nitrogen and oxygen atoms in total. The van der Waals surface area contributed by atoms with Crippen molar-refractivity contribution in [2.45, 2.75) is 13.2 Å². The number of rotatable bonds is 5.